The largest absolute Gasteiger partial charge is 0.490 e. The van der Waals surface area contributed by atoms with Gasteiger partial charge >= 0.3 is 11.9 Å². The number of halogens is 4. The third-order valence-electron chi connectivity index (χ3n) is 5.70. The van der Waals surface area contributed by atoms with Crippen molar-refractivity contribution < 1.29 is 28.5 Å². The lowest BCUT2D eigenvalue weighted by molar-refractivity contribution is -0.140. The Morgan fingerprint density at radius 3 is 2.02 bits per heavy atom. The van der Waals surface area contributed by atoms with Gasteiger partial charge < -0.3 is 24.3 Å². The van der Waals surface area contributed by atoms with Gasteiger partial charge in [-0.2, -0.15) is 0 Å². The van der Waals surface area contributed by atoms with E-state index in [4.69, 9.17) is 60.6 Å². The molecule has 224 valence electrons. The maximum absolute atomic E-state index is 12.2. The number of esters is 2. The average Bonchev–Trinajstić information content (AvgIpc) is 2.95. The standard InChI is InChI=1S/C30H30Cl4N2O6/c1-3-40-30(38)21-9-8-12-35-29(21)36-20-17-24(33)28(25(34)18-20)42-14-7-5-4-6-13-41-27-22(31)15-19(16-23(27)32)10-11-26(37)39-2/h4-5,8-9,12,15-18H,3,6-7,10-11,13-14H2,1-2H3,(H,35,36)/b5-4+. The molecule has 0 spiro atoms. The van der Waals surface area contributed by atoms with Crippen molar-refractivity contribution in [3.8, 4) is 11.5 Å². The highest BCUT2D eigenvalue weighted by molar-refractivity contribution is 6.38. The van der Waals surface area contributed by atoms with Gasteiger partial charge in [0.1, 0.15) is 11.4 Å². The minimum atomic E-state index is -0.486. The van der Waals surface area contributed by atoms with Gasteiger partial charge in [0.25, 0.3) is 0 Å². The Kier molecular flexibility index (Phi) is 13.5. The summed E-state index contributed by atoms with van der Waals surface area (Å²) in [5.41, 5.74) is 1.66. The molecular formula is C30H30Cl4N2O6. The van der Waals surface area contributed by atoms with Gasteiger partial charge in [0.15, 0.2) is 11.5 Å². The molecule has 0 bridgehead atoms. The van der Waals surface area contributed by atoms with E-state index in [2.05, 4.69) is 15.0 Å². The normalized spacial score (nSPS) is 10.9. The number of ether oxygens (including phenoxy) is 4. The second-order valence-corrected chi connectivity index (χ2v) is 10.4. The number of pyridine rings is 1. The minimum absolute atomic E-state index is 0.240. The maximum Gasteiger partial charge on any atom is 0.341 e. The fraction of sp³-hybridized carbons (Fsp3) is 0.300. The fourth-order valence-corrected chi connectivity index (χ4v) is 4.96. The van der Waals surface area contributed by atoms with E-state index in [-0.39, 0.29) is 19.0 Å². The van der Waals surface area contributed by atoms with E-state index in [0.29, 0.717) is 81.1 Å². The molecule has 0 radical (unpaired) electrons. The molecule has 0 unspecified atom stereocenters. The van der Waals surface area contributed by atoms with Gasteiger partial charge in [-0.25, -0.2) is 9.78 Å². The van der Waals surface area contributed by atoms with Crippen molar-refractivity contribution in [3.63, 3.8) is 0 Å². The molecule has 0 aliphatic rings. The lowest BCUT2D eigenvalue weighted by atomic mass is 10.1. The van der Waals surface area contributed by atoms with E-state index in [1.54, 1.807) is 49.5 Å². The Balaban J connectivity index is 1.45. The number of methoxy groups -OCH3 is 1. The van der Waals surface area contributed by atoms with Gasteiger partial charge in [-0.1, -0.05) is 58.6 Å². The molecular weight excluding hydrogens is 626 g/mol. The fourth-order valence-electron chi connectivity index (χ4n) is 3.72. The molecule has 2 aromatic carbocycles. The molecule has 3 rings (SSSR count). The van der Waals surface area contributed by atoms with E-state index in [1.807, 2.05) is 12.2 Å². The number of nitrogens with zero attached hydrogens (tertiary/aromatic N) is 1. The molecule has 12 heteroatoms. The zero-order chi connectivity index (χ0) is 30.5. The summed E-state index contributed by atoms with van der Waals surface area (Å²) in [5, 5.41) is 4.44. The summed E-state index contributed by atoms with van der Waals surface area (Å²) in [6.45, 7) is 2.70. The van der Waals surface area contributed by atoms with Crippen molar-refractivity contribution in [3.05, 3.63) is 86.0 Å². The number of anilines is 2. The summed E-state index contributed by atoms with van der Waals surface area (Å²) in [6, 6.07) is 10.0. The van der Waals surface area contributed by atoms with Crippen molar-refractivity contribution in [2.45, 2.75) is 32.6 Å². The molecule has 0 atom stereocenters. The predicted molar refractivity (Wildman–Crippen MR) is 166 cm³/mol. The van der Waals surface area contributed by atoms with Gasteiger partial charge in [0.05, 0.1) is 47.0 Å². The Hall–Kier alpha value is -3.17. The monoisotopic (exact) mass is 654 g/mol. The first-order chi connectivity index (χ1) is 20.2. The molecule has 1 aromatic heterocycles. The highest BCUT2D eigenvalue weighted by atomic mass is 35.5. The van der Waals surface area contributed by atoms with E-state index in [0.717, 1.165) is 5.56 Å². The summed E-state index contributed by atoms with van der Waals surface area (Å²) in [6.07, 6.45) is 7.42. The SMILES string of the molecule is CCOC(=O)c1cccnc1Nc1cc(Cl)c(OCC/C=C/CCOc2c(Cl)cc(CCC(=O)OC)cc2Cl)c(Cl)c1. The van der Waals surface area contributed by atoms with Crippen LogP contribution < -0.4 is 14.8 Å². The molecule has 0 saturated heterocycles. The van der Waals surface area contributed by atoms with Crippen LogP contribution in [0.3, 0.4) is 0 Å². The van der Waals surface area contributed by atoms with Crippen molar-refractivity contribution in [2.24, 2.45) is 0 Å². The van der Waals surface area contributed by atoms with Crippen molar-refractivity contribution in [1.29, 1.82) is 0 Å². The molecule has 0 aliphatic carbocycles. The lowest BCUT2D eigenvalue weighted by Crippen LogP contribution is -2.09. The topological polar surface area (TPSA) is 96.0 Å². The smallest absolute Gasteiger partial charge is 0.341 e. The zero-order valence-electron chi connectivity index (χ0n) is 23.1. The van der Waals surface area contributed by atoms with Gasteiger partial charge in [0, 0.05) is 18.3 Å². The first kappa shape index (κ1) is 33.3. The van der Waals surface area contributed by atoms with Crippen molar-refractivity contribution >= 4 is 69.8 Å². The second kappa shape index (κ2) is 17.1. The third kappa shape index (κ3) is 9.98. The summed E-state index contributed by atoms with van der Waals surface area (Å²) < 4.78 is 21.3. The van der Waals surface area contributed by atoms with Crippen LogP contribution in [0.1, 0.15) is 42.1 Å². The average molecular weight is 656 g/mol. The van der Waals surface area contributed by atoms with E-state index < -0.39 is 5.97 Å². The predicted octanol–water partition coefficient (Wildman–Crippen LogP) is 8.52. The third-order valence-corrected chi connectivity index (χ3v) is 6.82. The van der Waals surface area contributed by atoms with Crippen LogP contribution in [-0.2, 0) is 20.7 Å². The number of benzene rings is 2. The minimum Gasteiger partial charge on any atom is -0.490 e. The van der Waals surface area contributed by atoms with E-state index in [1.165, 1.54) is 7.11 Å². The van der Waals surface area contributed by atoms with Crippen LogP contribution in [0.4, 0.5) is 11.5 Å². The molecule has 0 fully saturated rings. The van der Waals surface area contributed by atoms with Crippen LogP contribution in [0.15, 0.2) is 54.7 Å². The molecule has 1 N–H and O–H groups in total. The molecule has 0 amide bonds. The number of nitrogens with one attached hydrogen (secondary N) is 1. The zero-order valence-corrected chi connectivity index (χ0v) is 26.1. The Morgan fingerprint density at radius 1 is 0.905 bits per heavy atom. The van der Waals surface area contributed by atoms with E-state index >= 15 is 0 Å². The van der Waals surface area contributed by atoms with Gasteiger partial charge in [0.2, 0.25) is 0 Å². The van der Waals surface area contributed by atoms with Crippen molar-refractivity contribution in [1.82, 2.24) is 4.98 Å². The molecule has 1 heterocycles. The van der Waals surface area contributed by atoms with E-state index in [9.17, 15) is 9.59 Å². The highest BCUT2D eigenvalue weighted by Crippen LogP contribution is 2.37. The van der Waals surface area contributed by atoms with Gasteiger partial charge in [-0.05, 0) is 68.1 Å². The first-order valence-corrected chi connectivity index (χ1v) is 14.6. The molecule has 3 aromatic rings. The number of hydrogen-bond donors (Lipinski definition) is 1. The number of aromatic nitrogens is 1. The first-order valence-electron chi connectivity index (χ1n) is 13.1. The van der Waals surface area contributed by atoms with Crippen LogP contribution in [0.2, 0.25) is 20.1 Å². The van der Waals surface area contributed by atoms with Crippen LogP contribution in [0, 0.1) is 0 Å². The molecule has 42 heavy (non-hydrogen) atoms. The van der Waals surface area contributed by atoms with Crippen LogP contribution in [-0.4, -0.2) is 43.9 Å². The summed E-state index contributed by atoms with van der Waals surface area (Å²) in [7, 11) is 1.35. The number of hydrogen-bond acceptors (Lipinski definition) is 8. The maximum atomic E-state index is 12.2. The molecule has 0 aliphatic heterocycles. The van der Waals surface area contributed by atoms with Crippen molar-refractivity contribution in [2.75, 3.05) is 32.2 Å². The van der Waals surface area contributed by atoms with Crippen LogP contribution in [0.25, 0.3) is 0 Å². The van der Waals surface area contributed by atoms with Crippen LogP contribution in [0.5, 0.6) is 11.5 Å². The number of carbonyl (C=O) groups is 2. The highest BCUT2D eigenvalue weighted by Gasteiger charge is 2.16. The Morgan fingerprint density at radius 2 is 1.48 bits per heavy atom. The molecule has 0 saturated carbocycles. The lowest BCUT2D eigenvalue weighted by Gasteiger charge is -2.14. The Labute approximate surface area is 264 Å². The number of aryl methyl sites for hydroxylation is 1. The second-order valence-electron chi connectivity index (χ2n) is 8.72. The summed E-state index contributed by atoms with van der Waals surface area (Å²) in [4.78, 5) is 27.8. The number of carbonyl (C=O) groups excluding carboxylic acids is 2. The van der Waals surface area contributed by atoms with Gasteiger partial charge in [-0.3, -0.25) is 4.79 Å². The van der Waals surface area contributed by atoms with Gasteiger partial charge in [-0.15, -0.1) is 0 Å². The number of rotatable bonds is 15. The summed E-state index contributed by atoms with van der Waals surface area (Å²) in [5.74, 6) is 0.291. The van der Waals surface area contributed by atoms with Crippen LogP contribution >= 0.6 is 46.4 Å². The Bertz CT molecular complexity index is 1370. The molecule has 8 nitrogen and oxygen atoms in total. The quantitative estimate of drug-likeness (QED) is 0.0989. The summed E-state index contributed by atoms with van der Waals surface area (Å²) >= 11 is 25.5.